The molecule has 0 spiro atoms. The highest BCUT2D eigenvalue weighted by atomic mass is 16.4. The highest BCUT2D eigenvalue weighted by Gasteiger charge is 2.15. The Balaban J connectivity index is 2.24. The molecule has 0 aliphatic rings. The van der Waals surface area contributed by atoms with Crippen molar-refractivity contribution in [3.8, 4) is 0 Å². The summed E-state index contributed by atoms with van der Waals surface area (Å²) >= 11 is 0. The van der Waals surface area contributed by atoms with Gasteiger partial charge in [-0.3, -0.25) is 0 Å². The summed E-state index contributed by atoms with van der Waals surface area (Å²) in [5.41, 5.74) is 1.88. The van der Waals surface area contributed by atoms with E-state index in [1.54, 1.807) is 12.5 Å². The lowest BCUT2D eigenvalue weighted by Crippen LogP contribution is -2.18. The van der Waals surface area contributed by atoms with E-state index in [0.29, 0.717) is 5.71 Å². The predicted octanol–water partition coefficient (Wildman–Crippen LogP) is 2.52. The largest absolute Gasteiger partial charge is 0.411 e. The Morgan fingerprint density at radius 2 is 2.18 bits per heavy atom. The molecule has 0 fully saturated rings. The minimum atomic E-state index is 0.00454. The number of hydrogen-bond donors (Lipinski definition) is 1. The third-order valence-electron chi connectivity index (χ3n) is 2.80. The van der Waals surface area contributed by atoms with Gasteiger partial charge in [0.2, 0.25) is 0 Å². The highest BCUT2D eigenvalue weighted by Crippen LogP contribution is 2.16. The maximum atomic E-state index is 8.94. The fourth-order valence-electron chi connectivity index (χ4n) is 1.83. The molecule has 88 valence electrons. The Kier molecular flexibility index (Phi) is 3.55. The first kappa shape index (κ1) is 11.4. The smallest absolute Gasteiger partial charge is 0.0952 e. The van der Waals surface area contributed by atoms with Gasteiger partial charge < -0.3 is 9.77 Å². The summed E-state index contributed by atoms with van der Waals surface area (Å²) in [5.74, 6) is 0. The molecule has 0 radical (unpaired) electrons. The Morgan fingerprint density at radius 3 is 2.76 bits per heavy atom. The van der Waals surface area contributed by atoms with E-state index in [2.05, 4.69) is 22.3 Å². The molecule has 0 aliphatic carbocycles. The van der Waals surface area contributed by atoms with Crippen LogP contribution >= 0.6 is 0 Å². The first-order valence-electron chi connectivity index (χ1n) is 5.51. The molecule has 0 amide bonds. The quantitative estimate of drug-likeness (QED) is 0.497. The van der Waals surface area contributed by atoms with Gasteiger partial charge >= 0.3 is 0 Å². The lowest BCUT2D eigenvalue weighted by molar-refractivity contribution is 0.314. The van der Waals surface area contributed by atoms with Gasteiger partial charge in [-0.15, -0.1) is 0 Å². The second-order valence-electron chi connectivity index (χ2n) is 3.96. The van der Waals surface area contributed by atoms with Crippen LogP contribution in [-0.4, -0.2) is 20.5 Å². The van der Waals surface area contributed by atoms with Crippen molar-refractivity contribution in [1.29, 1.82) is 0 Å². The summed E-state index contributed by atoms with van der Waals surface area (Å²) in [5, 5.41) is 12.2. The van der Waals surface area contributed by atoms with E-state index >= 15 is 0 Å². The molecule has 1 heterocycles. The lowest BCUT2D eigenvalue weighted by Gasteiger charge is -2.17. The molecule has 2 rings (SSSR count). The molecule has 17 heavy (non-hydrogen) atoms. The second kappa shape index (κ2) is 5.30. The maximum absolute atomic E-state index is 8.94. The van der Waals surface area contributed by atoms with Gasteiger partial charge in [-0.1, -0.05) is 35.5 Å². The normalized spacial score (nSPS) is 13.6. The molecule has 0 saturated heterocycles. The van der Waals surface area contributed by atoms with Crippen LogP contribution in [0.1, 0.15) is 18.5 Å². The Hall–Kier alpha value is -2.10. The monoisotopic (exact) mass is 229 g/mol. The number of nitrogens with zero attached hydrogens (tertiary/aromatic N) is 3. The molecular formula is C13H15N3O. The molecule has 0 saturated carbocycles. The molecule has 1 unspecified atom stereocenters. The van der Waals surface area contributed by atoms with Crippen LogP contribution in [0.4, 0.5) is 0 Å². The van der Waals surface area contributed by atoms with Crippen LogP contribution in [0, 0.1) is 0 Å². The summed E-state index contributed by atoms with van der Waals surface area (Å²) < 4.78 is 1.95. The van der Waals surface area contributed by atoms with Gasteiger partial charge in [0.25, 0.3) is 0 Å². The summed E-state index contributed by atoms with van der Waals surface area (Å²) in [6, 6.07) is 10.1. The third-order valence-corrected chi connectivity index (χ3v) is 2.80. The zero-order valence-corrected chi connectivity index (χ0v) is 9.69. The van der Waals surface area contributed by atoms with Crippen molar-refractivity contribution in [1.82, 2.24) is 9.55 Å². The van der Waals surface area contributed by atoms with Crippen LogP contribution in [0.3, 0.4) is 0 Å². The van der Waals surface area contributed by atoms with E-state index in [9.17, 15) is 0 Å². The third kappa shape index (κ3) is 2.72. The van der Waals surface area contributed by atoms with Crippen molar-refractivity contribution in [2.45, 2.75) is 19.4 Å². The van der Waals surface area contributed by atoms with Crippen LogP contribution < -0.4 is 0 Å². The minimum Gasteiger partial charge on any atom is -0.411 e. The minimum absolute atomic E-state index is 0.00454. The van der Waals surface area contributed by atoms with Gasteiger partial charge in [0.15, 0.2) is 0 Å². The van der Waals surface area contributed by atoms with Crippen molar-refractivity contribution in [2.75, 3.05) is 0 Å². The van der Waals surface area contributed by atoms with Crippen molar-refractivity contribution < 1.29 is 5.21 Å². The molecule has 4 nitrogen and oxygen atoms in total. The van der Waals surface area contributed by atoms with E-state index in [0.717, 1.165) is 6.42 Å². The fraction of sp³-hybridized carbons (Fsp3) is 0.231. The molecule has 2 aromatic rings. The molecule has 0 aliphatic heterocycles. The van der Waals surface area contributed by atoms with E-state index in [1.807, 2.05) is 35.9 Å². The van der Waals surface area contributed by atoms with Crippen LogP contribution in [0.5, 0.6) is 0 Å². The Labute approximate surface area is 100 Å². The molecule has 1 N–H and O–H groups in total. The number of benzene rings is 1. The molecular weight excluding hydrogens is 214 g/mol. The number of hydrogen-bond acceptors (Lipinski definition) is 3. The van der Waals surface area contributed by atoms with Gasteiger partial charge in [-0.05, 0) is 18.9 Å². The summed E-state index contributed by atoms with van der Waals surface area (Å²) in [6.07, 6.45) is 6.13. The van der Waals surface area contributed by atoms with Gasteiger partial charge in [-0.2, -0.15) is 0 Å². The van der Waals surface area contributed by atoms with Crippen molar-refractivity contribution >= 4 is 5.71 Å². The average Bonchev–Trinajstić information content (AvgIpc) is 2.90. The van der Waals surface area contributed by atoms with E-state index < -0.39 is 0 Å². The van der Waals surface area contributed by atoms with Crippen molar-refractivity contribution in [3.63, 3.8) is 0 Å². The summed E-state index contributed by atoms with van der Waals surface area (Å²) in [7, 11) is 0. The molecule has 4 heteroatoms. The van der Waals surface area contributed by atoms with Gasteiger partial charge in [0.1, 0.15) is 0 Å². The zero-order valence-electron chi connectivity index (χ0n) is 9.69. The molecule has 1 aromatic carbocycles. The lowest BCUT2D eigenvalue weighted by atomic mass is 10.0. The summed E-state index contributed by atoms with van der Waals surface area (Å²) in [6.45, 7) is 1.81. The number of rotatable bonds is 4. The van der Waals surface area contributed by atoms with Crippen LogP contribution in [0.25, 0.3) is 0 Å². The van der Waals surface area contributed by atoms with Gasteiger partial charge in [0, 0.05) is 12.4 Å². The number of oxime groups is 1. The Morgan fingerprint density at radius 1 is 1.41 bits per heavy atom. The van der Waals surface area contributed by atoms with Crippen LogP contribution in [0.2, 0.25) is 0 Å². The number of aromatic nitrogens is 2. The van der Waals surface area contributed by atoms with E-state index in [1.165, 1.54) is 5.56 Å². The van der Waals surface area contributed by atoms with E-state index in [4.69, 9.17) is 5.21 Å². The van der Waals surface area contributed by atoms with Gasteiger partial charge in [0.05, 0.1) is 18.1 Å². The standard InChI is InChI=1S/C13H15N3O/c1-11(15-17)13(16-8-7-14-10-16)9-12-5-3-2-4-6-12/h2-8,10,13,17H,9H2,1H3/b15-11+. The zero-order chi connectivity index (χ0) is 12.1. The van der Waals surface area contributed by atoms with Crippen LogP contribution in [0.15, 0.2) is 54.2 Å². The van der Waals surface area contributed by atoms with Crippen molar-refractivity contribution in [2.24, 2.45) is 5.16 Å². The SMILES string of the molecule is C/C(=N\O)C(Cc1ccccc1)n1ccnc1. The fourth-order valence-corrected chi connectivity index (χ4v) is 1.83. The predicted molar refractivity (Wildman–Crippen MR) is 66.3 cm³/mol. The second-order valence-corrected chi connectivity index (χ2v) is 3.96. The first-order chi connectivity index (χ1) is 8.31. The van der Waals surface area contributed by atoms with E-state index in [-0.39, 0.29) is 6.04 Å². The Bertz CT molecular complexity index is 477. The molecule has 1 aromatic heterocycles. The number of imidazole rings is 1. The topological polar surface area (TPSA) is 50.4 Å². The molecule has 0 bridgehead atoms. The summed E-state index contributed by atoms with van der Waals surface area (Å²) in [4.78, 5) is 4.03. The average molecular weight is 229 g/mol. The first-order valence-corrected chi connectivity index (χ1v) is 5.51. The van der Waals surface area contributed by atoms with Gasteiger partial charge in [-0.25, -0.2) is 4.98 Å². The maximum Gasteiger partial charge on any atom is 0.0952 e. The van der Waals surface area contributed by atoms with Crippen LogP contribution in [-0.2, 0) is 6.42 Å². The highest BCUT2D eigenvalue weighted by molar-refractivity contribution is 5.85. The van der Waals surface area contributed by atoms with Crippen molar-refractivity contribution in [3.05, 3.63) is 54.6 Å². The molecule has 1 atom stereocenters.